The molecule has 0 aliphatic carbocycles. The molecular weight excluding hydrogens is 1010 g/mol. The number of nitrogens with two attached hydrogens (primary N) is 1. The molecule has 0 unspecified atom stereocenters. The van der Waals surface area contributed by atoms with E-state index in [9.17, 15) is 0 Å². The van der Waals surface area contributed by atoms with E-state index < -0.39 is 0 Å². The number of nitrogens with one attached hydrogen (secondary N) is 1. The maximum atomic E-state index is 6.07. The largest absolute Gasteiger partial charge is 0.480 e. The number of fused-ring (bicyclic) bond motifs is 5. The summed E-state index contributed by atoms with van der Waals surface area (Å²) in [4.78, 5) is 26.0. The van der Waals surface area contributed by atoms with Gasteiger partial charge in [0.15, 0.2) is 0 Å². The van der Waals surface area contributed by atoms with Crippen molar-refractivity contribution in [2.24, 2.45) is 0 Å². The van der Waals surface area contributed by atoms with Crippen molar-refractivity contribution in [2.75, 3.05) is 25.2 Å². The molecule has 0 spiro atoms. The van der Waals surface area contributed by atoms with Gasteiger partial charge in [-0.05, 0) is 181 Å². The number of aryl methyl sites for hydroxylation is 1. The highest BCUT2D eigenvalue weighted by molar-refractivity contribution is 9.10. The summed E-state index contributed by atoms with van der Waals surface area (Å²) < 4.78 is 17.1. The Bertz CT molecular complexity index is 3290. The molecule has 10 aromatic heterocycles. The molecule has 74 heavy (non-hydrogen) atoms. The van der Waals surface area contributed by atoms with Gasteiger partial charge in [0.2, 0.25) is 5.88 Å². The molecule has 0 aliphatic heterocycles. The molecule has 3 N–H and O–H groups in total. The third-order valence-corrected chi connectivity index (χ3v) is 13.0. The lowest BCUT2D eigenvalue weighted by molar-refractivity contribution is 0.399. The zero-order chi connectivity index (χ0) is 54.0. The van der Waals surface area contributed by atoms with Gasteiger partial charge in [0.05, 0.1) is 17.5 Å². The summed E-state index contributed by atoms with van der Waals surface area (Å²) in [6.45, 7) is 34.5. The number of ether oxygens (including phenoxy) is 1. The number of anilines is 2. The molecule has 0 saturated carbocycles. The lowest BCUT2D eigenvalue weighted by atomic mass is 10.1. The summed E-state index contributed by atoms with van der Waals surface area (Å²) in [6, 6.07) is 15.8. The molecule has 14 nitrogen and oxygen atoms in total. The molecule has 10 heterocycles. The molecule has 10 rings (SSSR count). The minimum atomic E-state index is 0. The van der Waals surface area contributed by atoms with E-state index in [2.05, 4.69) is 203 Å². The van der Waals surface area contributed by atoms with Crippen molar-refractivity contribution in [3.63, 3.8) is 0 Å². The average Bonchev–Trinajstić information content (AvgIpc) is 4.15. The number of aromatic nitrogens is 11. The van der Waals surface area contributed by atoms with Crippen LogP contribution in [0.2, 0.25) is 5.02 Å². The van der Waals surface area contributed by atoms with Crippen LogP contribution in [0.15, 0.2) is 115 Å². The summed E-state index contributed by atoms with van der Waals surface area (Å²) in [5.74, 6) is 0.628. The average molecular weight is 1090 g/mol. The van der Waals surface area contributed by atoms with Gasteiger partial charge in [0.1, 0.15) is 34.6 Å². The number of pyridine rings is 4. The number of hydrogen-bond acceptors (Lipinski definition) is 9. The predicted octanol–water partition coefficient (Wildman–Crippen LogP) is 15.3. The molecule has 396 valence electrons. The van der Waals surface area contributed by atoms with Gasteiger partial charge >= 0.3 is 0 Å². The van der Waals surface area contributed by atoms with Crippen LogP contribution in [-0.2, 0) is 27.7 Å². The highest BCUT2D eigenvalue weighted by Gasteiger charge is 2.22. The van der Waals surface area contributed by atoms with E-state index in [1.54, 1.807) is 19.5 Å². The summed E-state index contributed by atoms with van der Waals surface area (Å²) >= 11 is 9.67. The molecule has 0 fully saturated rings. The molecule has 0 radical (unpaired) electrons. The third-order valence-electron chi connectivity index (χ3n) is 12.1. The molecule has 0 amide bonds. The SMILES string of the molecule is C.CC(C)(C)n1ccc2c(Cl)ccnc21.CC(C)(C)n1ccc2c(N)ccnc21.CNc1ccnc2c1ccn2C(C)(C)C.COc1ncnc2c1ccn2C(C)(C)C.Cc1ccnc2c1c(Br)cn2C(C)(C)C. The first kappa shape index (κ1) is 58.4. The summed E-state index contributed by atoms with van der Waals surface area (Å²) in [7, 11) is 3.55. The standard InChI is InChI=1S/C12H15BrN2.C12H17N3.C11H13ClN2.C11H15N3O.C11H15N3.CH4/c1-8-5-6-14-11-10(8)9(13)7-15(11)12(2,3)4;1-12(2,3)15-8-6-9-10(13-4)5-7-14-11(9)15;1-11(2,3)14-7-5-8-9(12)4-6-13-10(8)14;1-11(2,3)14-6-5-8-9(14)12-7-13-10(8)15-4;1-11(2,3)14-7-5-8-9(12)4-6-13-10(8)14;/h5-7H,1-4H3;5-8H,1-4H3,(H,13,14);4-7H,1-3H3;5-7H,1-4H3;4-7H,1-3H3,(H2,12,13);1H4. The van der Waals surface area contributed by atoms with E-state index in [1.165, 1.54) is 22.7 Å². The monoisotopic (exact) mass is 1090 g/mol. The van der Waals surface area contributed by atoms with Crippen LogP contribution < -0.4 is 15.8 Å². The minimum absolute atomic E-state index is 0. The van der Waals surface area contributed by atoms with Crippen molar-refractivity contribution in [1.29, 1.82) is 0 Å². The number of methoxy groups -OCH3 is 1. The smallest absolute Gasteiger partial charge is 0.225 e. The Hall–Kier alpha value is -6.45. The van der Waals surface area contributed by atoms with E-state index in [-0.39, 0.29) is 35.1 Å². The lowest BCUT2D eigenvalue weighted by Crippen LogP contribution is -2.20. The van der Waals surface area contributed by atoms with E-state index in [4.69, 9.17) is 22.1 Å². The van der Waals surface area contributed by atoms with Crippen LogP contribution in [0.1, 0.15) is 117 Å². The van der Waals surface area contributed by atoms with Crippen LogP contribution in [0.3, 0.4) is 0 Å². The maximum Gasteiger partial charge on any atom is 0.225 e. The van der Waals surface area contributed by atoms with Gasteiger partial charge < -0.3 is 38.6 Å². The molecule has 0 aliphatic rings. The first-order valence-corrected chi connectivity index (χ1v) is 25.6. The van der Waals surface area contributed by atoms with Crippen molar-refractivity contribution in [2.45, 2.75) is 146 Å². The fourth-order valence-corrected chi connectivity index (χ4v) is 9.25. The van der Waals surface area contributed by atoms with Gasteiger partial charge in [-0.15, -0.1) is 0 Å². The highest BCUT2D eigenvalue weighted by atomic mass is 79.9. The van der Waals surface area contributed by atoms with E-state index >= 15 is 0 Å². The Kier molecular flexibility index (Phi) is 17.8. The number of halogens is 2. The second kappa shape index (κ2) is 22.6. The molecule has 10 aromatic rings. The van der Waals surface area contributed by atoms with Crippen LogP contribution in [0.5, 0.6) is 5.88 Å². The van der Waals surface area contributed by atoms with E-state index in [0.29, 0.717) is 5.88 Å². The van der Waals surface area contributed by atoms with Gasteiger partial charge in [0.25, 0.3) is 0 Å². The maximum absolute atomic E-state index is 6.07. The van der Waals surface area contributed by atoms with Gasteiger partial charge in [-0.25, -0.2) is 29.9 Å². The second-order valence-electron chi connectivity index (χ2n) is 22.9. The van der Waals surface area contributed by atoms with Crippen LogP contribution in [0.4, 0.5) is 11.4 Å². The molecule has 16 heteroatoms. The first-order valence-electron chi connectivity index (χ1n) is 24.5. The molecule has 0 aromatic carbocycles. The Morgan fingerprint density at radius 3 is 1.42 bits per heavy atom. The summed E-state index contributed by atoms with van der Waals surface area (Å²) in [5.41, 5.74) is 14.2. The van der Waals surface area contributed by atoms with Crippen LogP contribution in [0, 0.1) is 6.92 Å². The summed E-state index contributed by atoms with van der Waals surface area (Å²) in [5, 5.41) is 9.34. The van der Waals surface area contributed by atoms with E-state index in [1.807, 2.05) is 80.5 Å². The van der Waals surface area contributed by atoms with Gasteiger partial charge in [-0.1, -0.05) is 19.0 Å². The Morgan fingerprint density at radius 2 is 0.919 bits per heavy atom. The van der Waals surface area contributed by atoms with Crippen molar-refractivity contribution in [1.82, 2.24) is 52.7 Å². The zero-order valence-corrected chi connectivity index (χ0v) is 48.4. The fourth-order valence-electron chi connectivity index (χ4n) is 8.35. The number of rotatable bonds is 2. The van der Waals surface area contributed by atoms with Crippen LogP contribution in [0.25, 0.3) is 55.2 Å². The minimum Gasteiger partial charge on any atom is -0.480 e. The molecule has 0 atom stereocenters. The second-order valence-corrected chi connectivity index (χ2v) is 24.2. The van der Waals surface area contributed by atoms with Crippen molar-refractivity contribution < 1.29 is 4.74 Å². The zero-order valence-electron chi connectivity index (χ0n) is 46.1. The van der Waals surface area contributed by atoms with Gasteiger partial charge in [-0.3, -0.25) is 0 Å². The van der Waals surface area contributed by atoms with Crippen molar-refractivity contribution >= 4 is 94.1 Å². The van der Waals surface area contributed by atoms with Crippen LogP contribution in [-0.4, -0.2) is 66.9 Å². The Balaban J connectivity index is 0.000000171. The van der Waals surface area contributed by atoms with Crippen LogP contribution >= 0.6 is 27.5 Å². The predicted molar refractivity (Wildman–Crippen MR) is 316 cm³/mol. The van der Waals surface area contributed by atoms with E-state index in [0.717, 1.165) is 65.3 Å². The summed E-state index contributed by atoms with van der Waals surface area (Å²) in [6.07, 6.45) is 19.0. The van der Waals surface area contributed by atoms with Crippen molar-refractivity contribution in [3.8, 4) is 5.88 Å². The highest BCUT2D eigenvalue weighted by Crippen LogP contribution is 2.33. The topological polar surface area (TPSA) is 149 Å². The molecule has 0 bridgehead atoms. The fraction of sp³-hybridized carbons (Fsp3) is 0.414. The Morgan fingerprint density at radius 1 is 0.514 bits per heavy atom. The van der Waals surface area contributed by atoms with Gasteiger partial charge in [-0.2, -0.15) is 0 Å². The normalized spacial score (nSPS) is 12.0. The number of nitrogens with zero attached hydrogens (tertiary/aromatic N) is 11. The quantitative estimate of drug-likeness (QED) is 0.172. The number of nitrogen functional groups attached to an aromatic ring is 1. The van der Waals surface area contributed by atoms with Gasteiger partial charge in [0, 0.05) is 128 Å². The van der Waals surface area contributed by atoms with Crippen molar-refractivity contribution in [3.05, 3.63) is 126 Å². The first-order chi connectivity index (χ1) is 34.0. The Labute approximate surface area is 451 Å². The molecule has 0 saturated heterocycles. The third kappa shape index (κ3) is 12.9. The number of hydrogen-bond donors (Lipinski definition) is 2. The lowest BCUT2D eigenvalue weighted by Gasteiger charge is -2.22. The molecular formula is C58H79BrClN13O.